The van der Waals surface area contributed by atoms with Crippen LogP contribution in [0, 0.1) is 6.92 Å². The van der Waals surface area contributed by atoms with E-state index in [9.17, 15) is 0 Å². The Labute approximate surface area is 141 Å². The van der Waals surface area contributed by atoms with Gasteiger partial charge in [-0.25, -0.2) is 9.97 Å². The number of nitrogens with zero attached hydrogens (tertiary/aromatic N) is 3. The number of aromatic nitrogens is 2. The summed E-state index contributed by atoms with van der Waals surface area (Å²) in [4.78, 5) is 11.6. The fraction of sp³-hybridized carbons (Fsp3) is 0.263. The molecule has 0 atom stereocenters. The van der Waals surface area contributed by atoms with Crippen LogP contribution in [0.2, 0.25) is 0 Å². The van der Waals surface area contributed by atoms with Crippen molar-refractivity contribution in [2.45, 2.75) is 6.92 Å². The Balaban J connectivity index is 1.82. The molecular weight excluding hydrogens is 300 g/mol. The highest BCUT2D eigenvalue weighted by atomic mass is 16.5. The van der Waals surface area contributed by atoms with Crippen LogP contribution < -0.4 is 10.6 Å². The van der Waals surface area contributed by atoms with Crippen LogP contribution in [0.4, 0.5) is 11.5 Å². The van der Waals surface area contributed by atoms with E-state index in [1.807, 2.05) is 25.1 Å². The number of nitrogens with two attached hydrogens (primary N) is 1. The van der Waals surface area contributed by atoms with E-state index in [0.717, 1.165) is 65.7 Å². The third-order valence-corrected chi connectivity index (χ3v) is 4.32. The SMILES string of the molecule is Cc1nc(N2CCOCC2)c2ccc(-c3cccc(N)c3)cc2n1. The number of benzene rings is 2. The average Bonchev–Trinajstić information content (AvgIpc) is 2.61. The number of hydrogen-bond acceptors (Lipinski definition) is 5. The van der Waals surface area contributed by atoms with E-state index in [0.29, 0.717) is 0 Å². The lowest BCUT2D eigenvalue weighted by Gasteiger charge is -2.28. The van der Waals surface area contributed by atoms with Crippen LogP contribution in [0.3, 0.4) is 0 Å². The zero-order chi connectivity index (χ0) is 16.5. The number of fused-ring (bicyclic) bond motifs is 1. The minimum Gasteiger partial charge on any atom is -0.399 e. The van der Waals surface area contributed by atoms with Gasteiger partial charge in [0.2, 0.25) is 0 Å². The molecule has 0 saturated carbocycles. The van der Waals surface area contributed by atoms with Crippen LogP contribution in [-0.2, 0) is 4.74 Å². The molecule has 0 spiro atoms. The Kier molecular flexibility index (Phi) is 3.78. The van der Waals surface area contributed by atoms with E-state index in [-0.39, 0.29) is 0 Å². The highest BCUT2D eigenvalue weighted by molar-refractivity contribution is 5.92. The third kappa shape index (κ3) is 2.78. The van der Waals surface area contributed by atoms with Gasteiger partial charge in [0.15, 0.2) is 0 Å². The largest absolute Gasteiger partial charge is 0.399 e. The molecular formula is C19H20N4O. The molecule has 3 aromatic rings. The van der Waals surface area contributed by atoms with Gasteiger partial charge in [-0.2, -0.15) is 0 Å². The summed E-state index contributed by atoms with van der Waals surface area (Å²) < 4.78 is 5.45. The minimum absolute atomic E-state index is 0.742. The lowest BCUT2D eigenvalue weighted by Crippen LogP contribution is -2.37. The Morgan fingerprint density at radius 1 is 1.00 bits per heavy atom. The fourth-order valence-corrected chi connectivity index (χ4v) is 3.14. The van der Waals surface area contributed by atoms with Gasteiger partial charge in [-0.3, -0.25) is 0 Å². The van der Waals surface area contributed by atoms with E-state index in [2.05, 4.69) is 39.1 Å². The molecule has 0 bridgehead atoms. The molecule has 2 aromatic carbocycles. The highest BCUT2D eigenvalue weighted by Gasteiger charge is 2.17. The molecule has 2 N–H and O–H groups in total. The first kappa shape index (κ1) is 14.9. The van der Waals surface area contributed by atoms with Gasteiger partial charge in [0.05, 0.1) is 18.7 Å². The van der Waals surface area contributed by atoms with E-state index >= 15 is 0 Å². The van der Waals surface area contributed by atoms with Crippen molar-refractivity contribution in [2.24, 2.45) is 0 Å². The van der Waals surface area contributed by atoms with Gasteiger partial charge in [-0.05, 0) is 42.3 Å². The summed E-state index contributed by atoms with van der Waals surface area (Å²) in [6.45, 7) is 5.15. The van der Waals surface area contributed by atoms with Gasteiger partial charge in [-0.15, -0.1) is 0 Å². The Hall–Kier alpha value is -2.66. The molecule has 1 aromatic heterocycles. The molecule has 2 heterocycles. The first-order valence-electron chi connectivity index (χ1n) is 8.18. The molecule has 0 radical (unpaired) electrons. The fourth-order valence-electron chi connectivity index (χ4n) is 3.14. The van der Waals surface area contributed by atoms with Crippen molar-refractivity contribution in [3.63, 3.8) is 0 Å². The summed E-state index contributed by atoms with van der Waals surface area (Å²) in [6, 6.07) is 14.2. The predicted molar refractivity (Wildman–Crippen MR) is 97.2 cm³/mol. The van der Waals surface area contributed by atoms with Crippen molar-refractivity contribution in [1.29, 1.82) is 0 Å². The van der Waals surface area contributed by atoms with E-state index < -0.39 is 0 Å². The normalized spacial score (nSPS) is 15.0. The molecule has 5 heteroatoms. The molecule has 24 heavy (non-hydrogen) atoms. The third-order valence-electron chi connectivity index (χ3n) is 4.32. The number of morpholine rings is 1. The van der Waals surface area contributed by atoms with Crippen molar-refractivity contribution in [1.82, 2.24) is 9.97 Å². The topological polar surface area (TPSA) is 64.3 Å². The van der Waals surface area contributed by atoms with Crippen molar-refractivity contribution in [3.05, 3.63) is 48.3 Å². The molecule has 4 rings (SSSR count). The van der Waals surface area contributed by atoms with Crippen LogP contribution >= 0.6 is 0 Å². The standard InChI is InChI=1S/C19H20N4O/c1-13-21-18-12-15(14-3-2-4-16(20)11-14)5-6-17(18)19(22-13)23-7-9-24-10-8-23/h2-6,11-12H,7-10,20H2,1H3. The number of aryl methyl sites for hydroxylation is 1. The van der Waals surface area contributed by atoms with Crippen molar-refractivity contribution in [2.75, 3.05) is 36.9 Å². The molecule has 1 saturated heterocycles. The molecule has 0 amide bonds. The molecule has 1 aliphatic rings. The number of ether oxygens (including phenoxy) is 1. The quantitative estimate of drug-likeness (QED) is 0.735. The maximum Gasteiger partial charge on any atom is 0.140 e. The molecule has 1 fully saturated rings. The van der Waals surface area contributed by atoms with Crippen LogP contribution in [-0.4, -0.2) is 36.3 Å². The zero-order valence-electron chi connectivity index (χ0n) is 13.7. The van der Waals surface area contributed by atoms with Crippen LogP contribution in [0.1, 0.15) is 5.82 Å². The molecule has 0 aliphatic carbocycles. The predicted octanol–water partition coefficient (Wildman–Crippen LogP) is 3.02. The van der Waals surface area contributed by atoms with Crippen molar-refractivity contribution in [3.8, 4) is 11.1 Å². The molecule has 5 nitrogen and oxygen atoms in total. The van der Waals surface area contributed by atoms with Crippen LogP contribution in [0.15, 0.2) is 42.5 Å². The summed E-state index contributed by atoms with van der Waals surface area (Å²) in [5.41, 5.74) is 9.85. The highest BCUT2D eigenvalue weighted by Crippen LogP contribution is 2.29. The van der Waals surface area contributed by atoms with Crippen LogP contribution in [0.25, 0.3) is 22.0 Å². The monoisotopic (exact) mass is 320 g/mol. The van der Waals surface area contributed by atoms with Gasteiger partial charge in [-0.1, -0.05) is 18.2 Å². The first-order chi connectivity index (χ1) is 11.7. The van der Waals surface area contributed by atoms with Gasteiger partial charge in [0.1, 0.15) is 11.6 Å². The summed E-state index contributed by atoms with van der Waals surface area (Å²) in [5, 5.41) is 1.08. The number of nitrogen functional groups attached to an aromatic ring is 1. The van der Waals surface area contributed by atoms with Crippen molar-refractivity contribution < 1.29 is 4.74 Å². The number of hydrogen-bond donors (Lipinski definition) is 1. The van der Waals surface area contributed by atoms with Crippen molar-refractivity contribution >= 4 is 22.4 Å². The summed E-state index contributed by atoms with van der Waals surface area (Å²) in [6.07, 6.45) is 0. The molecule has 0 unspecified atom stereocenters. The summed E-state index contributed by atoms with van der Waals surface area (Å²) in [7, 11) is 0. The molecule has 1 aliphatic heterocycles. The molecule has 122 valence electrons. The number of rotatable bonds is 2. The zero-order valence-corrected chi connectivity index (χ0v) is 13.7. The van der Waals surface area contributed by atoms with Gasteiger partial charge in [0, 0.05) is 24.2 Å². The summed E-state index contributed by atoms with van der Waals surface area (Å²) in [5.74, 6) is 1.79. The Morgan fingerprint density at radius 2 is 1.79 bits per heavy atom. The van der Waals surface area contributed by atoms with E-state index in [4.69, 9.17) is 10.5 Å². The average molecular weight is 320 g/mol. The van der Waals surface area contributed by atoms with Gasteiger partial charge < -0.3 is 15.4 Å². The lowest BCUT2D eigenvalue weighted by molar-refractivity contribution is 0.122. The van der Waals surface area contributed by atoms with Gasteiger partial charge in [0.25, 0.3) is 0 Å². The maximum absolute atomic E-state index is 5.91. The second-order valence-electron chi connectivity index (χ2n) is 6.05. The second-order valence-corrected chi connectivity index (χ2v) is 6.05. The van der Waals surface area contributed by atoms with E-state index in [1.165, 1.54) is 0 Å². The summed E-state index contributed by atoms with van der Waals surface area (Å²) >= 11 is 0. The first-order valence-corrected chi connectivity index (χ1v) is 8.18. The second kappa shape index (κ2) is 6.09. The lowest BCUT2D eigenvalue weighted by atomic mass is 10.0. The number of anilines is 2. The Morgan fingerprint density at radius 3 is 2.58 bits per heavy atom. The maximum atomic E-state index is 5.91. The smallest absolute Gasteiger partial charge is 0.140 e. The van der Waals surface area contributed by atoms with E-state index in [1.54, 1.807) is 0 Å². The minimum atomic E-state index is 0.742. The van der Waals surface area contributed by atoms with Gasteiger partial charge >= 0.3 is 0 Å². The Bertz CT molecular complexity index is 888. The van der Waals surface area contributed by atoms with Crippen LogP contribution in [0.5, 0.6) is 0 Å².